The van der Waals surface area contributed by atoms with E-state index in [-0.39, 0.29) is 29.2 Å². The van der Waals surface area contributed by atoms with E-state index in [1.807, 2.05) is 31.4 Å². The molecule has 0 saturated carbocycles. The molecule has 164 valence electrons. The Morgan fingerprint density at radius 3 is 2.55 bits per heavy atom. The molecule has 31 heavy (non-hydrogen) atoms. The molecule has 0 unspecified atom stereocenters. The van der Waals surface area contributed by atoms with E-state index in [0.29, 0.717) is 33.5 Å². The van der Waals surface area contributed by atoms with Gasteiger partial charge in [0, 0.05) is 29.7 Å². The van der Waals surface area contributed by atoms with Crippen molar-refractivity contribution in [3.63, 3.8) is 0 Å². The summed E-state index contributed by atoms with van der Waals surface area (Å²) in [6.45, 7) is 5.67. The van der Waals surface area contributed by atoms with Gasteiger partial charge in [-0.1, -0.05) is 37.0 Å². The number of ether oxygens (including phenoxy) is 1. The molecular weight excluding hydrogens is 437 g/mol. The van der Waals surface area contributed by atoms with Crippen LogP contribution < -0.4 is 9.64 Å². The van der Waals surface area contributed by atoms with Gasteiger partial charge in [0.1, 0.15) is 5.82 Å². The van der Waals surface area contributed by atoms with Gasteiger partial charge >= 0.3 is 0 Å². The number of carbonyl (C=O) groups is 2. The van der Waals surface area contributed by atoms with Crippen molar-refractivity contribution in [2.45, 2.75) is 33.6 Å². The van der Waals surface area contributed by atoms with E-state index >= 15 is 0 Å². The predicted octanol–water partition coefficient (Wildman–Crippen LogP) is 5.61. The van der Waals surface area contributed by atoms with Crippen molar-refractivity contribution >= 4 is 46.4 Å². The number of fused-ring (bicyclic) bond motifs is 1. The van der Waals surface area contributed by atoms with Crippen LogP contribution in [0.1, 0.15) is 42.7 Å². The van der Waals surface area contributed by atoms with Crippen molar-refractivity contribution in [1.82, 2.24) is 9.38 Å². The molecule has 2 aromatic heterocycles. The van der Waals surface area contributed by atoms with Crippen LogP contribution in [0.4, 0.5) is 5.82 Å². The fourth-order valence-electron chi connectivity index (χ4n) is 3.61. The number of carbonyl (C=O) groups excluding carboxylic acids is 2. The minimum Gasteiger partial charge on any atom is -0.482 e. The van der Waals surface area contributed by atoms with Gasteiger partial charge < -0.3 is 4.74 Å². The largest absolute Gasteiger partial charge is 0.482 e. The number of Topliss-reactive ketones (excluding diaryl/α,β-unsaturated/α-hetero) is 1. The fourth-order valence-corrected chi connectivity index (χ4v) is 4.13. The number of aromatic nitrogens is 2. The van der Waals surface area contributed by atoms with Crippen LogP contribution in [0.3, 0.4) is 0 Å². The van der Waals surface area contributed by atoms with Crippen molar-refractivity contribution in [1.29, 1.82) is 0 Å². The molecule has 0 fully saturated rings. The second-order valence-corrected chi connectivity index (χ2v) is 8.18. The van der Waals surface area contributed by atoms with E-state index in [4.69, 9.17) is 27.9 Å². The molecule has 0 aliphatic heterocycles. The molecule has 3 aromatic rings. The number of amides is 1. The molecule has 0 radical (unpaired) electrons. The second-order valence-electron chi connectivity index (χ2n) is 7.33. The summed E-state index contributed by atoms with van der Waals surface area (Å²) < 4.78 is 7.60. The molecule has 6 nitrogen and oxygen atoms in total. The smallest absolute Gasteiger partial charge is 0.230 e. The first kappa shape index (κ1) is 23.1. The van der Waals surface area contributed by atoms with Gasteiger partial charge in [-0.05, 0) is 50.1 Å². The average Bonchev–Trinajstić information content (AvgIpc) is 3.08. The minimum absolute atomic E-state index is 0.0453. The van der Waals surface area contributed by atoms with Gasteiger partial charge in [-0.15, -0.1) is 0 Å². The lowest BCUT2D eigenvalue weighted by Crippen LogP contribution is -2.33. The van der Waals surface area contributed by atoms with Crippen molar-refractivity contribution in [2.75, 3.05) is 18.6 Å². The Balaban J connectivity index is 1.87. The van der Waals surface area contributed by atoms with Crippen LogP contribution in [-0.2, 0) is 4.79 Å². The predicted molar refractivity (Wildman–Crippen MR) is 124 cm³/mol. The number of anilines is 1. The number of nitrogens with zero attached hydrogens (tertiary/aromatic N) is 3. The first-order valence-corrected chi connectivity index (χ1v) is 10.9. The van der Waals surface area contributed by atoms with Crippen LogP contribution in [0, 0.1) is 12.8 Å². The average molecular weight is 462 g/mol. The summed E-state index contributed by atoms with van der Waals surface area (Å²) >= 11 is 12.0. The molecule has 0 atom stereocenters. The normalized spacial score (nSPS) is 11.2. The van der Waals surface area contributed by atoms with Crippen LogP contribution in [0.5, 0.6) is 5.75 Å². The number of halogens is 2. The molecule has 0 bridgehead atoms. The first-order valence-electron chi connectivity index (χ1n) is 10.1. The molecule has 2 heterocycles. The van der Waals surface area contributed by atoms with Crippen molar-refractivity contribution in [3.05, 3.63) is 57.8 Å². The van der Waals surface area contributed by atoms with Gasteiger partial charge in [0.25, 0.3) is 0 Å². The highest BCUT2D eigenvalue weighted by Gasteiger charge is 2.25. The van der Waals surface area contributed by atoms with E-state index < -0.39 is 0 Å². The van der Waals surface area contributed by atoms with Gasteiger partial charge in [-0.2, -0.15) is 0 Å². The number of ketones is 1. The topological polar surface area (TPSA) is 63.9 Å². The Hall–Kier alpha value is -2.57. The zero-order valence-electron chi connectivity index (χ0n) is 18.0. The molecule has 1 amide bonds. The Morgan fingerprint density at radius 1 is 1.19 bits per heavy atom. The lowest BCUT2D eigenvalue weighted by atomic mass is 10.0. The van der Waals surface area contributed by atoms with Crippen molar-refractivity contribution < 1.29 is 14.3 Å². The molecular formula is C23H25Cl2N3O3. The number of hydrogen-bond donors (Lipinski definition) is 0. The molecule has 8 heteroatoms. The molecule has 1 aromatic carbocycles. The molecule has 0 aliphatic rings. The Bertz CT molecular complexity index is 1120. The fraction of sp³-hybridized carbons (Fsp3) is 0.348. The number of rotatable bonds is 8. The molecule has 0 N–H and O–H groups in total. The highest BCUT2D eigenvalue weighted by Crippen LogP contribution is 2.29. The number of imidazole rings is 1. The van der Waals surface area contributed by atoms with Crippen LogP contribution in [0.2, 0.25) is 10.0 Å². The Morgan fingerprint density at radius 2 is 1.90 bits per heavy atom. The van der Waals surface area contributed by atoms with Crippen LogP contribution in [0.15, 0.2) is 36.5 Å². The summed E-state index contributed by atoms with van der Waals surface area (Å²) in [6, 6.07) is 8.24. The number of aryl methyl sites for hydroxylation is 1. The van der Waals surface area contributed by atoms with E-state index in [9.17, 15) is 9.59 Å². The summed E-state index contributed by atoms with van der Waals surface area (Å²) in [5.74, 6) is 0.862. The summed E-state index contributed by atoms with van der Waals surface area (Å²) in [7, 11) is 1.76. The maximum absolute atomic E-state index is 12.9. The van der Waals surface area contributed by atoms with Gasteiger partial charge in [0.05, 0.1) is 10.7 Å². The molecule has 0 saturated heterocycles. The first-order chi connectivity index (χ1) is 14.8. The molecule has 3 rings (SSSR count). The van der Waals surface area contributed by atoms with Crippen molar-refractivity contribution in [2.24, 2.45) is 5.92 Å². The summed E-state index contributed by atoms with van der Waals surface area (Å²) in [4.78, 5) is 31.7. The van der Waals surface area contributed by atoms with Gasteiger partial charge in [0.15, 0.2) is 18.0 Å². The zero-order chi connectivity index (χ0) is 22.7. The number of pyridine rings is 1. The summed E-state index contributed by atoms with van der Waals surface area (Å²) in [6.07, 6.45) is 3.38. The summed E-state index contributed by atoms with van der Waals surface area (Å²) in [5, 5.41) is 0.736. The minimum atomic E-state index is -0.270. The van der Waals surface area contributed by atoms with E-state index in [2.05, 4.69) is 4.98 Å². The highest BCUT2D eigenvalue weighted by molar-refractivity contribution is 6.36. The Labute approximate surface area is 191 Å². The van der Waals surface area contributed by atoms with Gasteiger partial charge in [0.2, 0.25) is 11.7 Å². The van der Waals surface area contributed by atoms with E-state index in [1.54, 1.807) is 36.2 Å². The van der Waals surface area contributed by atoms with Crippen LogP contribution in [-0.4, -0.2) is 34.7 Å². The monoisotopic (exact) mass is 461 g/mol. The number of hydrogen-bond acceptors (Lipinski definition) is 4. The lowest BCUT2D eigenvalue weighted by Gasteiger charge is -2.22. The van der Waals surface area contributed by atoms with E-state index in [0.717, 1.165) is 12.8 Å². The van der Waals surface area contributed by atoms with Crippen LogP contribution in [0.25, 0.3) is 5.65 Å². The zero-order valence-corrected chi connectivity index (χ0v) is 19.5. The molecule has 0 spiro atoms. The second kappa shape index (κ2) is 9.71. The quantitative estimate of drug-likeness (QED) is 0.408. The number of benzene rings is 1. The third-order valence-corrected chi connectivity index (χ3v) is 5.88. The Kier molecular flexibility index (Phi) is 7.23. The lowest BCUT2D eigenvalue weighted by molar-refractivity contribution is -0.122. The third kappa shape index (κ3) is 4.70. The van der Waals surface area contributed by atoms with Gasteiger partial charge in [-0.3, -0.25) is 18.9 Å². The summed E-state index contributed by atoms with van der Waals surface area (Å²) in [5.41, 5.74) is 1.58. The maximum atomic E-state index is 12.9. The molecule has 0 aliphatic carbocycles. The standard InChI is InChI=1S/C23H25Cl2N3O3/c1-5-15(6-2)23(30)27(4)22-14(3)26-21-20(8-7-11-28(21)22)31-13-19(29)17-10-9-16(24)12-18(17)25/h7-12,15H,5-6,13H2,1-4H3. The van der Waals surface area contributed by atoms with Gasteiger partial charge in [-0.25, -0.2) is 4.98 Å². The van der Waals surface area contributed by atoms with Crippen molar-refractivity contribution in [3.8, 4) is 5.75 Å². The maximum Gasteiger partial charge on any atom is 0.230 e. The third-order valence-electron chi connectivity index (χ3n) is 5.33. The van der Waals surface area contributed by atoms with E-state index in [1.165, 1.54) is 6.07 Å². The van der Waals surface area contributed by atoms with Crippen LogP contribution >= 0.6 is 23.2 Å². The highest BCUT2D eigenvalue weighted by atomic mass is 35.5. The SMILES string of the molecule is CCC(CC)C(=O)N(C)c1c(C)nc2c(OCC(=O)c3ccc(Cl)cc3Cl)cccn12.